The molecule has 1 saturated carbocycles. The van der Waals surface area contributed by atoms with Gasteiger partial charge in [0.05, 0.1) is 5.25 Å². The summed E-state index contributed by atoms with van der Waals surface area (Å²) in [4.78, 5) is 11.2. The van der Waals surface area contributed by atoms with Crippen molar-refractivity contribution in [2.45, 2.75) is 31.4 Å². The average Bonchev–Trinajstić information content (AvgIpc) is 1.88. The van der Waals surface area contributed by atoms with E-state index in [1.54, 1.807) is 11.8 Å². The van der Waals surface area contributed by atoms with E-state index in [-0.39, 0.29) is 0 Å². The van der Waals surface area contributed by atoms with Crippen LogP contribution in [0.5, 0.6) is 0 Å². The van der Waals surface area contributed by atoms with Gasteiger partial charge >= 0.3 is 0 Å². The molecule has 0 aliphatic heterocycles. The molecule has 10 heavy (non-hydrogen) atoms. The van der Waals surface area contributed by atoms with Crippen molar-refractivity contribution in [3.05, 3.63) is 0 Å². The third kappa shape index (κ3) is 1.54. The molecule has 1 fully saturated rings. The van der Waals surface area contributed by atoms with Crippen LogP contribution in [0.3, 0.4) is 0 Å². The van der Waals surface area contributed by atoms with E-state index in [2.05, 4.69) is 6.92 Å². The van der Waals surface area contributed by atoms with Crippen LogP contribution in [0.2, 0.25) is 0 Å². The molecule has 0 aromatic carbocycles. The van der Waals surface area contributed by atoms with Crippen LogP contribution in [-0.4, -0.2) is 17.3 Å². The third-order valence-corrected chi connectivity index (χ3v) is 3.41. The van der Waals surface area contributed by atoms with Gasteiger partial charge in [0.25, 0.3) is 0 Å². The second kappa shape index (κ2) is 3.42. The first kappa shape index (κ1) is 8.12. The fourth-order valence-electron chi connectivity index (χ4n) is 1.57. The lowest BCUT2D eigenvalue weighted by molar-refractivity contribution is -0.120. The summed E-state index contributed by atoms with van der Waals surface area (Å²) in [5.74, 6) is 1.07. The molecule has 0 saturated heterocycles. The molecular formula is C8H14OS. The molecule has 0 radical (unpaired) electrons. The van der Waals surface area contributed by atoms with Crippen molar-refractivity contribution in [1.29, 1.82) is 0 Å². The summed E-state index contributed by atoms with van der Waals surface area (Å²) in [6.07, 6.45) is 5.19. The van der Waals surface area contributed by atoms with Crippen molar-refractivity contribution >= 4 is 17.5 Å². The van der Waals surface area contributed by atoms with Crippen LogP contribution in [0.25, 0.3) is 0 Å². The Morgan fingerprint density at radius 2 is 2.30 bits per heavy atom. The zero-order chi connectivity index (χ0) is 7.56. The summed E-state index contributed by atoms with van der Waals surface area (Å²) in [6, 6.07) is 0. The average molecular weight is 158 g/mol. The highest BCUT2D eigenvalue weighted by atomic mass is 32.2. The van der Waals surface area contributed by atoms with Crippen molar-refractivity contribution in [3.8, 4) is 0 Å². The molecule has 0 bridgehead atoms. The van der Waals surface area contributed by atoms with Gasteiger partial charge in [-0.15, -0.1) is 0 Å². The maximum Gasteiger partial charge on any atom is 0.146 e. The molecule has 0 aromatic rings. The summed E-state index contributed by atoms with van der Waals surface area (Å²) in [6.45, 7) is 2.18. The monoisotopic (exact) mass is 158 g/mol. The van der Waals surface area contributed by atoms with E-state index in [0.29, 0.717) is 17.0 Å². The van der Waals surface area contributed by atoms with Gasteiger partial charge in [-0.1, -0.05) is 6.92 Å². The maximum atomic E-state index is 11.2. The summed E-state index contributed by atoms with van der Waals surface area (Å²) in [7, 11) is 0. The van der Waals surface area contributed by atoms with Gasteiger partial charge in [0, 0.05) is 6.42 Å². The molecule has 0 aromatic heterocycles. The van der Waals surface area contributed by atoms with Crippen LogP contribution < -0.4 is 0 Å². The van der Waals surface area contributed by atoms with Gasteiger partial charge in [0.2, 0.25) is 0 Å². The van der Waals surface area contributed by atoms with E-state index in [4.69, 9.17) is 0 Å². The Balaban J connectivity index is 2.53. The Morgan fingerprint density at radius 1 is 1.60 bits per heavy atom. The highest BCUT2D eigenvalue weighted by Crippen LogP contribution is 2.28. The Bertz CT molecular complexity index is 133. The van der Waals surface area contributed by atoms with Gasteiger partial charge < -0.3 is 0 Å². The van der Waals surface area contributed by atoms with E-state index in [1.807, 2.05) is 6.26 Å². The number of rotatable bonds is 1. The fraction of sp³-hybridized carbons (Fsp3) is 0.875. The molecule has 1 nitrogen and oxygen atoms in total. The van der Waals surface area contributed by atoms with Gasteiger partial charge in [0.15, 0.2) is 0 Å². The second-order valence-corrected chi connectivity index (χ2v) is 3.97. The number of carbonyl (C=O) groups excluding carboxylic acids is 1. The molecular weight excluding hydrogens is 144 g/mol. The summed E-state index contributed by atoms with van der Waals surface area (Å²) in [5.41, 5.74) is 0. The molecule has 0 N–H and O–H groups in total. The largest absolute Gasteiger partial charge is 0.298 e. The first-order valence-corrected chi connectivity index (χ1v) is 5.10. The zero-order valence-corrected chi connectivity index (χ0v) is 7.41. The lowest BCUT2D eigenvalue weighted by Crippen LogP contribution is -2.28. The standard InChI is InChI=1S/C8H14OS/c1-6-4-3-5-7(9)8(6)10-2/h6,8H,3-5H2,1-2H3. The van der Waals surface area contributed by atoms with E-state index >= 15 is 0 Å². The molecule has 1 aliphatic rings. The molecule has 0 heterocycles. The van der Waals surface area contributed by atoms with Gasteiger partial charge in [-0.05, 0) is 25.0 Å². The van der Waals surface area contributed by atoms with Crippen LogP contribution >= 0.6 is 11.8 Å². The van der Waals surface area contributed by atoms with E-state index < -0.39 is 0 Å². The molecule has 2 unspecified atom stereocenters. The van der Waals surface area contributed by atoms with Gasteiger partial charge in [-0.2, -0.15) is 11.8 Å². The molecule has 0 spiro atoms. The van der Waals surface area contributed by atoms with Crippen LogP contribution in [0.1, 0.15) is 26.2 Å². The van der Waals surface area contributed by atoms with Crippen molar-refractivity contribution in [2.24, 2.45) is 5.92 Å². The minimum atomic E-state index is 0.300. The molecule has 58 valence electrons. The normalized spacial score (nSPS) is 34.4. The molecule has 1 aliphatic carbocycles. The van der Waals surface area contributed by atoms with Crippen LogP contribution in [-0.2, 0) is 4.79 Å². The number of ketones is 1. The molecule has 2 heteroatoms. The van der Waals surface area contributed by atoms with Crippen LogP contribution in [0.4, 0.5) is 0 Å². The summed E-state index contributed by atoms with van der Waals surface area (Å²) in [5, 5.41) is 0.300. The minimum absolute atomic E-state index is 0.300. The lowest BCUT2D eigenvalue weighted by atomic mass is 9.89. The molecule has 0 amide bonds. The first-order valence-electron chi connectivity index (χ1n) is 3.81. The maximum absolute atomic E-state index is 11.2. The molecule has 2 atom stereocenters. The van der Waals surface area contributed by atoms with Crippen molar-refractivity contribution < 1.29 is 4.79 Å². The number of Topliss-reactive ketones (excluding diaryl/α,β-unsaturated/α-hetero) is 1. The Kier molecular flexibility index (Phi) is 2.78. The highest BCUT2D eigenvalue weighted by molar-refractivity contribution is 7.99. The minimum Gasteiger partial charge on any atom is -0.298 e. The predicted octanol–water partition coefficient (Wildman–Crippen LogP) is 2.11. The van der Waals surface area contributed by atoms with E-state index in [0.717, 1.165) is 12.8 Å². The topological polar surface area (TPSA) is 17.1 Å². The first-order chi connectivity index (χ1) is 4.75. The van der Waals surface area contributed by atoms with Crippen molar-refractivity contribution in [1.82, 2.24) is 0 Å². The highest BCUT2D eigenvalue weighted by Gasteiger charge is 2.27. The SMILES string of the molecule is CSC1C(=O)CCCC1C. The Hall–Kier alpha value is 0.0200. The summed E-state index contributed by atoms with van der Waals surface area (Å²) >= 11 is 1.71. The number of hydrogen-bond donors (Lipinski definition) is 0. The van der Waals surface area contributed by atoms with Crippen LogP contribution in [0, 0.1) is 5.92 Å². The lowest BCUT2D eigenvalue weighted by Gasteiger charge is -2.25. The number of thioether (sulfide) groups is 1. The van der Waals surface area contributed by atoms with Crippen molar-refractivity contribution in [3.63, 3.8) is 0 Å². The Morgan fingerprint density at radius 3 is 2.70 bits per heavy atom. The van der Waals surface area contributed by atoms with Gasteiger partial charge in [-0.3, -0.25) is 4.79 Å². The fourth-order valence-corrected chi connectivity index (χ4v) is 2.55. The number of carbonyl (C=O) groups is 1. The van der Waals surface area contributed by atoms with E-state index in [1.165, 1.54) is 6.42 Å². The van der Waals surface area contributed by atoms with Gasteiger partial charge in [0.1, 0.15) is 5.78 Å². The second-order valence-electron chi connectivity index (χ2n) is 2.99. The predicted molar refractivity (Wildman–Crippen MR) is 45.3 cm³/mol. The zero-order valence-electron chi connectivity index (χ0n) is 6.59. The molecule has 1 rings (SSSR count). The van der Waals surface area contributed by atoms with Crippen LogP contribution in [0.15, 0.2) is 0 Å². The van der Waals surface area contributed by atoms with Gasteiger partial charge in [-0.25, -0.2) is 0 Å². The number of hydrogen-bond acceptors (Lipinski definition) is 2. The smallest absolute Gasteiger partial charge is 0.146 e. The Labute approximate surface area is 66.6 Å². The van der Waals surface area contributed by atoms with Crippen molar-refractivity contribution in [2.75, 3.05) is 6.26 Å². The van der Waals surface area contributed by atoms with E-state index in [9.17, 15) is 4.79 Å². The summed E-state index contributed by atoms with van der Waals surface area (Å²) < 4.78 is 0. The quantitative estimate of drug-likeness (QED) is 0.581. The third-order valence-electron chi connectivity index (χ3n) is 2.17.